The maximum Gasteiger partial charge on any atom is 0.573 e. The molecule has 124 valence electrons. The zero-order chi connectivity index (χ0) is 17.3. The second kappa shape index (κ2) is 5.96. The number of aromatic nitrogens is 2. The second-order valence-corrected chi connectivity index (χ2v) is 5.40. The highest BCUT2D eigenvalue weighted by atomic mass is 32.1. The van der Waals surface area contributed by atoms with E-state index in [9.17, 15) is 22.8 Å². The molecule has 6 nitrogen and oxygen atoms in total. The molecule has 24 heavy (non-hydrogen) atoms. The predicted octanol–water partition coefficient (Wildman–Crippen LogP) is 2.91. The molecule has 0 spiro atoms. The molecule has 1 amide bonds. The Labute approximate surface area is 136 Å². The Kier molecular flexibility index (Phi) is 3.97. The number of carbonyl (C=O) groups excluding carboxylic acids is 1. The number of carbonyl (C=O) groups is 1. The van der Waals surface area contributed by atoms with E-state index in [2.05, 4.69) is 15.0 Å². The first-order chi connectivity index (χ1) is 11.3. The lowest BCUT2D eigenvalue weighted by atomic mass is 10.2. The molecule has 0 aliphatic heterocycles. The van der Waals surface area contributed by atoms with Gasteiger partial charge in [-0.1, -0.05) is 12.1 Å². The fourth-order valence-corrected chi connectivity index (χ4v) is 2.63. The summed E-state index contributed by atoms with van der Waals surface area (Å²) in [6.45, 7) is 0. The Morgan fingerprint density at radius 1 is 1.29 bits per heavy atom. The summed E-state index contributed by atoms with van der Waals surface area (Å²) in [5.74, 6) is -1.46. The van der Waals surface area contributed by atoms with Crippen LogP contribution in [-0.2, 0) is 0 Å². The summed E-state index contributed by atoms with van der Waals surface area (Å²) >= 11 is 1.21. The molecular formula is C14H8F3N3O3S. The highest BCUT2D eigenvalue weighted by Gasteiger charge is 2.32. The van der Waals surface area contributed by atoms with Crippen LogP contribution >= 0.6 is 11.3 Å². The minimum absolute atomic E-state index is 0.213. The summed E-state index contributed by atoms with van der Waals surface area (Å²) in [5.41, 5.74) is -1.13. The van der Waals surface area contributed by atoms with Crippen LogP contribution < -0.4 is 15.6 Å². The fourth-order valence-electron chi connectivity index (χ4n) is 1.95. The number of rotatable bonds is 3. The number of hydrogen-bond donors (Lipinski definition) is 1. The zero-order valence-corrected chi connectivity index (χ0v) is 12.5. The molecule has 0 saturated carbocycles. The number of hydrogen-bond acceptors (Lipinski definition) is 5. The van der Waals surface area contributed by atoms with Gasteiger partial charge in [0.05, 0.1) is 5.69 Å². The first-order valence-electron chi connectivity index (χ1n) is 6.46. The molecule has 10 heteroatoms. The lowest BCUT2D eigenvalue weighted by Crippen LogP contribution is -2.26. The van der Waals surface area contributed by atoms with Crippen molar-refractivity contribution in [3.8, 4) is 5.75 Å². The van der Waals surface area contributed by atoms with Crippen molar-refractivity contribution in [3.63, 3.8) is 0 Å². The number of anilines is 1. The van der Waals surface area contributed by atoms with Crippen LogP contribution in [0.1, 0.15) is 10.4 Å². The second-order valence-electron chi connectivity index (χ2n) is 4.53. The third-order valence-corrected chi connectivity index (χ3v) is 3.72. The average Bonchev–Trinajstić information content (AvgIpc) is 2.97. The Morgan fingerprint density at radius 3 is 2.79 bits per heavy atom. The molecule has 0 unspecified atom stereocenters. The lowest BCUT2D eigenvalue weighted by molar-refractivity contribution is -0.274. The predicted molar refractivity (Wildman–Crippen MR) is 80.4 cm³/mol. The van der Waals surface area contributed by atoms with Gasteiger partial charge in [0.25, 0.3) is 11.5 Å². The normalized spacial score (nSPS) is 11.5. The molecule has 0 saturated heterocycles. The van der Waals surface area contributed by atoms with E-state index in [1.165, 1.54) is 40.1 Å². The third kappa shape index (κ3) is 3.23. The maximum absolute atomic E-state index is 12.4. The van der Waals surface area contributed by atoms with Crippen LogP contribution in [0, 0.1) is 0 Å². The minimum Gasteiger partial charge on any atom is -0.404 e. The number of fused-ring (bicyclic) bond motifs is 1. The molecule has 0 fully saturated rings. The molecule has 2 aromatic heterocycles. The number of para-hydroxylation sites is 2. The van der Waals surface area contributed by atoms with Crippen molar-refractivity contribution < 1.29 is 22.7 Å². The van der Waals surface area contributed by atoms with Crippen LogP contribution in [0.5, 0.6) is 5.75 Å². The van der Waals surface area contributed by atoms with Crippen LogP contribution in [-0.4, -0.2) is 21.7 Å². The SMILES string of the molecule is O=C(Nc1ccccc1OC(F)(F)F)c1cnc2sccn2c1=O. The van der Waals surface area contributed by atoms with Crippen LogP contribution in [0.4, 0.5) is 18.9 Å². The van der Waals surface area contributed by atoms with Gasteiger partial charge in [0.2, 0.25) is 0 Å². The van der Waals surface area contributed by atoms with E-state index in [1.807, 2.05) is 0 Å². The average molecular weight is 355 g/mol. The van der Waals surface area contributed by atoms with E-state index < -0.39 is 23.6 Å². The van der Waals surface area contributed by atoms with Gasteiger partial charge in [-0.3, -0.25) is 14.0 Å². The molecular weight excluding hydrogens is 347 g/mol. The first-order valence-corrected chi connectivity index (χ1v) is 7.34. The third-order valence-electron chi connectivity index (χ3n) is 2.95. The van der Waals surface area contributed by atoms with Gasteiger partial charge in [-0.25, -0.2) is 4.98 Å². The van der Waals surface area contributed by atoms with Crippen molar-refractivity contribution in [3.05, 3.63) is 58.0 Å². The highest BCUT2D eigenvalue weighted by Crippen LogP contribution is 2.30. The molecule has 0 radical (unpaired) electrons. The van der Waals surface area contributed by atoms with Crippen molar-refractivity contribution in [2.24, 2.45) is 0 Å². The number of halogens is 3. The van der Waals surface area contributed by atoms with E-state index in [-0.39, 0.29) is 11.3 Å². The Balaban J connectivity index is 1.92. The Morgan fingerprint density at radius 2 is 2.04 bits per heavy atom. The minimum atomic E-state index is -4.91. The first kappa shape index (κ1) is 16.0. The highest BCUT2D eigenvalue weighted by molar-refractivity contribution is 7.15. The van der Waals surface area contributed by atoms with Crippen LogP contribution in [0.2, 0.25) is 0 Å². The number of thiazole rings is 1. The Bertz CT molecular complexity index is 965. The summed E-state index contributed by atoms with van der Waals surface area (Å²) in [5, 5.41) is 3.86. The molecule has 0 atom stereocenters. The van der Waals surface area contributed by atoms with E-state index in [0.29, 0.717) is 4.96 Å². The lowest BCUT2D eigenvalue weighted by Gasteiger charge is -2.13. The van der Waals surface area contributed by atoms with Gasteiger partial charge in [0, 0.05) is 17.8 Å². The summed E-state index contributed by atoms with van der Waals surface area (Å²) in [6, 6.07) is 5.03. The number of nitrogens with one attached hydrogen (secondary N) is 1. The van der Waals surface area contributed by atoms with Gasteiger partial charge >= 0.3 is 6.36 Å². The van der Waals surface area contributed by atoms with Crippen molar-refractivity contribution in [1.82, 2.24) is 9.38 Å². The van der Waals surface area contributed by atoms with Gasteiger partial charge in [0.15, 0.2) is 10.7 Å². The Hall–Kier alpha value is -2.88. The largest absolute Gasteiger partial charge is 0.573 e. The van der Waals surface area contributed by atoms with Gasteiger partial charge in [-0.2, -0.15) is 0 Å². The monoisotopic (exact) mass is 355 g/mol. The number of nitrogens with zero attached hydrogens (tertiary/aromatic N) is 2. The van der Waals surface area contributed by atoms with Crippen molar-refractivity contribution in [2.45, 2.75) is 6.36 Å². The van der Waals surface area contributed by atoms with Gasteiger partial charge in [0.1, 0.15) is 5.56 Å². The van der Waals surface area contributed by atoms with E-state index in [4.69, 9.17) is 0 Å². The molecule has 3 rings (SSSR count). The number of alkyl halides is 3. The quantitative estimate of drug-likeness (QED) is 0.784. The van der Waals surface area contributed by atoms with E-state index >= 15 is 0 Å². The summed E-state index contributed by atoms with van der Waals surface area (Å²) in [7, 11) is 0. The standard InChI is InChI=1S/C14H8F3N3O3S/c15-14(16,17)23-10-4-2-1-3-9(10)19-11(21)8-7-18-13-20(12(8)22)5-6-24-13/h1-7H,(H,19,21). The van der Waals surface area contributed by atoms with Crippen molar-refractivity contribution >= 4 is 27.9 Å². The number of benzene rings is 1. The molecule has 0 aliphatic rings. The van der Waals surface area contributed by atoms with E-state index in [0.717, 1.165) is 12.3 Å². The van der Waals surface area contributed by atoms with Crippen LogP contribution in [0.15, 0.2) is 46.8 Å². The van der Waals surface area contributed by atoms with Gasteiger partial charge in [-0.15, -0.1) is 24.5 Å². The molecule has 1 aromatic carbocycles. The van der Waals surface area contributed by atoms with Gasteiger partial charge in [-0.05, 0) is 12.1 Å². The number of ether oxygens (including phenoxy) is 1. The smallest absolute Gasteiger partial charge is 0.404 e. The number of amides is 1. The summed E-state index contributed by atoms with van der Waals surface area (Å²) in [6.07, 6.45) is -2.37. The summed E-state index contributed by atoms with van der Waals surface area (Å²) < 4.78 is 42.2. The molecule has 1 N–H and O–H groups in total. The van der Waals surface area contributed by atoms with Gasteiger partial charge < -0.3 is 10.1 Å². The van der Waals surface area contributed by atoms with Crippen molar-refractivity contribution in [1.29, 1.82) is 0 Å². The zero-order valence-electron chi connectivity index (χ0n) is 11.7. The van der Waals surface area contributed by atoms with Crippen LogP contribution in [0.25, 0.3) is 4.96 Å². The molecule has 0 bridgehead atoms. The molecule has 3 aromatic rings. The molecule has 0 aliphatic carbocycles. The molecule has 2 heterocycles. The van der Waals surface area contributed by atoms with E-state index in [1.54, 1.807) is 5.38 Å². The topological polar surface area (TPSA) is 72.7 Å². The summed E-state index contributed by atoms with van der Waals surface area (Å²) in [4.78, 5) is 28.8. The maximum atomic E-state index is 12.4. The fraction of sp³-hybridized carbons (Fsp3) is 0.0714. The van der Waals surface area contributed by atoms with Crippen molar-refractivity contribution in [2.75, 3.05) is 5.32 Å². The van der Waals surface area contributed by atoms with Crippen LogP contribution in [0.3, 0.4) is 0 Å².